The second-order valence-electron chi connectivity index (χ2n) is 5.52. The zero-order chi connectivity index (χ0) is 14.5. The number of nitrogens with one attached hydrogen (secondary N) is 1. The van der Waals surface area contributed by atoms with Crippen LogP contribution in [-0.2, 0) is 0 Å². The third-order valence-electron chi connectivity index (χ3n) is 3.76. The van der Waals surface area contributed by atoms with Crippen LogP contribution in [0.2, 0.25) is 0 Å². The fourth-order valence-corrected chi connectivity index (χ4v) is 2.56. The predicted molar refractivity (Wildman–Crippen MR) is 71.3 cm³/mol. The average molecular weight is 281 g/mol. The minimum atomic E-state index is -4.06. The lowest BCUT2D eigenvalue weighted by molar-refractivity contribution is -0.137. The van der Waals surface area contributed by atoms with Gasteiger partial charge in [-0.15, -0.1) is 0 Å². The van der Waals surface area contributed by atoms with E-state index < -0.39 is 12.6 Å². The SMILES string of the molecule is CCCNC(CCC(F)(F)F)C1CN(C)CCN1C. The summed E-state index contributed by atoms with van der Waals surface area (Å²) in [6.07, 6.45) is -3.67. The van der Waals surface area contributed by atoms with Crippen molar-refractivity contribution in [1.82, 2.24) is 15.1 Å². The van der Waals surface area contributed by atoms with Gasteiger partial charge in [-0.2, -0.15) is 13.2 Å². The quantitative estimate of drug-likeness (QED) is 0.803. The van der Waals surface area contributed by atoms with Crippen molar-refractivity contribution in [3.05, 3.63) is 0 Å². The van der Waals surface area contributed by atoms with E-state index in [4.69, 9.17) is 0 Å². The monoisotopic (exact) mass is 281 g/mol. The highest BCUT2D eigenvalue weighted by Gasteiger charge is 2.33. The van der Waals surface area contributed by atoms with Crippen molar-refractivity contribution in [3.8, 4) is 0 Å². The second kappa shape index (κ2) is 7.45. The molecule has 0 aromatic rings. The highest BCUT2D eigenvalue weighted by molar-refractivity contribution is 4.89. The van der Waals surface area contributed by atoms with Crippen molar-refractivity contribution in [1.29, 1.82) is 0 Å². The summed E-state index contributed by atoms with van der Waals surface area (Å²) in [5.74, 6) is 0. The maximum atomic E-state index is 12.4. The van der Waals surface area contributed by atoms with Crippen LogP contribution in [0.15, 0.2) is 0 Å². The number of hydrogen-bond acceptors (Lipinski definition) is 3. The van der Waals surface area contributed by atoms with Crippen LogP contribution in [0, 0.1) is 0 Å². The molecule has 1 N–H and O–H groups in total. The molecule has 114 valence electrons. The van der Waals surface area contributed by atoms with E-state index in [1.165, 1.54) is 0 Å². The van der Waals surface area contributed by atoms with Crippen molar-refractivity contribution < 1.29 is 13.2 Å². The van der Waals surface area contributed by atoms with E-state index in [9.17, 15) is 13.2 Å². The number of hydrogen-bond donors (Lipinski definition) is 1. The summed E-state index contributed by atoms with van der Waals surface area (Å²) in [5, 5.41) is 3.29. The van der Waals surface area contributed by atoms with E-state index in [2.05, 4.69) is 15.1 Å². The van der Waals surface area contributed by atoms with E-state index in [-0.39, 0.29) is 18.5 Å². The van der Waals surface area contributed by atoms with Gasteiger partial charge in [0.25, 0.3) is 0 Å². The Morgan fingerprint density at radius 3 is 2.53 bits per heavy atom. The fourth-order valence-electron chi connectivity index (χ4n) is 2.56. The Bertz CT molecular complexity index is 258. The van der Waals surface area contributed by atoms with E-state index >= 15 is 0 Å². The summed E-state index contributed by atoms with van der Waals surface area (Å²) in [6.45, 7) is 5.53. The number of piperazine rings is 1. The first-order valence-corrected chi connectivity index (χ1v) is 7.02. The number of nitrogens with zero attached hydrogens (tertiary/aromatic N) is 2. The molecular weight excluding hydrogens is 255 g/mol. The molecule has 2 unspecified atom stereocenters. The van der Waals surface area contributed by atoms with Gasteiger partial charge in [-0.05, 0) is 33.5 Å². The Morgan fingerprint density at radius 2 is 1.95 bits per heavy atom. The molecule has 2 atom stereocenters. The molecule has 0 aromatic heterocycles. The minimum Gasteiger partial charge on any atom is -0.312 e. The molecule has 0 bridgehead atoms. The summed E-state index contributed by atoms with van der Waals surface area (Å²) in [7, 11) is 4.03. The van der Waals surface area contributed by atoms with Crippen molar-refractivity contribution >= 4 is 0 Å². The zero-order valence-electron chi connectivity index (χ0n) is 12.1. The molecule has 19 heavy (non-hydrogen) atoms. The normalized spacial score (nSPS) is 24.6. The topological polar surface area (TPSA) is 18.5 Å². The summed E-state index contributed by atoms with van der Waals surface area (Å²) >= 11 is 0. The van der Waals surface area contributed by atoms with Crippen LogP contribution >= 0.6 is 0 Å². The van der Waals surface area contributed by atoms with Gasteiger partial charge in [0.05, 0.1) is 0 Å². The van der Waals surface area contributed by atoms with E-state index in [1.54, 1.807) is 0 Å². The van der Waals surface area contributed by atoms with Gasteiger partial charge in [0.2, 0.25) is 0 Å². The summed E-state index contributed by atoms with van der Waals surface area (Å²) < 4.78 is 37.3. The molecule has 1 heterocycles. The molecule has 1 aliphatic rings. The Labute approximate surface area is 114 Å². The third kappa shape index (κ3) is 6.10. The van der Waals surface area contributed by atoms with E-state index in [0.29, 0.717) is 0 Å². The van der Waals surface area contributed by atoms with Gasteiger partial charge in [0, 0.05) is 38.1 Å². The molecule has 0 spiro atoms. The summed E-state index contributed by atoms with van der Waals surface area (Å²) in [5.41, 5.74) is 0. The molecule has 0 amide bonds. The Hall–Kier alpha value is -0.330. The van der Waals surface area contributed by atoms with Crippen molar-refractivity contribution in [2.24, 2.45) is 0 Å². The van der Waals surface area contributed by atoms with Crippen LogP contribution in [0.5, 0.6) is 0 Å². The van der Waals surface area contributed by atoms with Crippen LogP contribution in [0.4, 0.5) is 13.2 Å². The lowest BCUT2D eigenvalue weighted by Crippen LogP contribution is -2.58. The molecule has 1 aliphatic heterocycles. The van der Waals surface area contributed by atoms with Gasteiger partial charge in [-0.25, -0.2) is 0 Å². The standard InChI is InChI=1S/C13H26F3N3/c1-4-7-17-11(5-6-13(14,15)16)12-10-18(2)8-9-19(12)3/h11-12,17H,4-10H2,1-3H3. The third-order valence-corrected chi connectivity index (χ3v) is 3.76. The molecule has 0 saturated carbocycles. The van der Waals surface area contributed by atoms with Crippen LogP contribution in [0.1, 0.15) is 26.2 Å². The molecule has 1 saturated heterocycles. The largest absolute Gasteiger partial charge is 0.389 e. The Balaban J connectivity index is 2.60. The average Bonchev–Trinajstić information content (AvgIpc) is 2.32. The van der Waals surface area contributed by atoms with Crippen LogP contribution in [0.25, 0.3) is 0 Å². The van der Waals surface area contributed by atoms with E-state index in [1.807, 2.05) is 21.0 Å². The number of halogens is 3. The molecular formula is C13H26F3N3. The molecule has 6 heteroatoms. The summed E-state index contributed by atoms with van der Waals surface area (Å²) in [6, 6.07) is 0.0713. The maximum Gasteiger partial charge on any atom is 0.389 e. The number of rotatable bonds is 6. The number of likely N-dealkylation sites (N-methyl/N-ethyl adjacent to an activating group) is 2. The lowest BCUT2D eigenvalue weighted by Gasteiger charge is -2.42. The zero-order valence-corrected chi connectivity index (χ0v) is 12.1. The van der Waals surface area contributed by atoms with Crippen molar-refractivity contribution in [2.75, 3.05) is 40.3 Å². The first-order valence-electron chi connectivity index (χ1n) is 7.02. The van der Waals surface area contributed by atoms with Gasteiger partial charge < -0.3 is 10.2 Å². The number of alkyl halides is 3. The van der Waals surface area contributed by atoms with Gasteiger partial charge in [-0.3, -0.25) is 4.90 Å². The Morgan fingerprint density at radius 1 is 1.26 bits per heavy atom. The van der Waals surface area contributed by atoms with Gasteiger partial charge in [-0.1, -0.05) is 6.92 Å². The van der Waals surface area contributed by atoms with Crippen LogP contribution < -0.4 is 5.32 Å². The molecule has 0 aliphatic carbocycles. The van der Waals surface area contributed by atoms with Crippen LogP contribution in [-0.4, -0.2) is 68.3 Å². The smallest absolute Gasteiger partial charge is 0.312 e. The first kappa shape index (κ1) is 16.7. The van der Waals surface area contributed by atoms with Crippen LogP contribution in [0.3, 0.4) is 0 Å². The maximum absolute atomic E-state index is 12.4. The van der Waals surface area contributed by atoms with Crippen molar-refractivity contribution in [3.63, 3.8) is 0 Å². The highest BCUT2D eigenvalue weighted by Crippen LogP contribution is 2.24. The van der Waals surface area contributed by atoms with Gasteiger partial charge >= 0.3 is 6.18 Å². The van der Waals surface area contributed by atoms with Gasteiger partial charge in [0.1, 0.15) is 0 Å². The predicted octanol–water partition coefficient (Wildman–Crippen LogP) is 1.94. The van der Waals surface area contributed by atoms with Gasteiger partial charge in [0.15, 0.2) is 0 Å². The highest BCUT2D eigenvalue weighted by atomic mass is 19.4. The molecule has 1 fully saturated rings. The van der Waals surface area contributed by atoms with E-state index in [0.717, 1.165) is 32.6 Å². The minimum absolute atomic E-state index is 0.0886. The molecule has 0 aromatic carbocycles. The summed E-state index contributed by atoms with van der Waals surface area (Å²) in [4.78, 5) is 4.38. The Kier molecular flexibility index (Phi) is 6.56. The molecule has 0 radical (unpaired) electrons. The van der Waals surface area contributed by atoms with Crippen molar-refractivity contribution in [2.45, 2.75) is 44.4 Å². The first-order chi connectivity index (χ1) is 8.83. The molecule has 1 rings (SSSR count). The molecule has 3 nitrogen and oxygen atoms in total. The second-order valence-corrected chi connectivity index (χ2v) is 5.52. The fraction of sp³-hybridized carbons (Fsp3) is 1.00. The lowest BCUT2D eigenvalue weighted by atomic mass is 9.99.